The van der Waals surface area contributed by atoms with E-state index < -0.39 is 11.4 Å². The lowest BCUT2D eigenvalue weighted by atomic mass is 9.81. The number of hydrogen-bond donors (Lipinski definition) is 3. The van der Waals surface area contributed by atoms with Crippen LogP contribution in [0.1, 0.15) is 32.1 Å². The van der Waals surface area contributed by atoms with Crippen molar-refractivity contribution in [1.82, 2.24) is 10.6 Å². The van der Waals surface area contributed by atoms with E-state index in [0.29, 0.717) is 12.8 Å². The standard InChI is InChI=1S/C10H19N3O2.ClH/c1-12-7-8(14)13-10(9(11)15)5-3-2-4-6-10;/h12H,2-7H2,1H3,(H2,11,15)(H,13,14);1H. The van der Waals surface area contributed by atoms with Crippen molar-refractivity contribution < 1.29 is 9.59 Å². The molecule has 16 heavy (non-hydrogen) atoms. The highest BCUT2D eigenvalue weighted by atomic mass is 35.5. The summed E-state index contributed by atoms with van der Waals surface area (Å²) in [7, 11) is 1.69. The van der Waals surface area contributed by atoms with Crippen LogP contribution in [0.3, 0.4) is 0 Å². The van der Waals surface area contributed by atoms with E-state index in [2.05, 4.69) is 10.6 Å². The van der Waals surface area contributed by atoms with Crippen LogP contribution in [0.25, 0.3) is 0 Å². The molecule has 0 radical (unpaired) electrons. The van der Waals surface area contributed by atoms with Crippen LogP contribution in [0.5, 0.6) is 0 Å². The van der Waals surface area contributed by atoms with Crippen molar-refractivity contribution in [2.45, 2.75) is 37.6 Å². The van der Waals surface area contributed by atoms with Gasteiger partial charge in [-0.2, -0.15) is 0 Å². The van der Waals surface area contributed by atoms with Crippen LogP contribution in [0, 0.1) is 0 Å². The smallest absolute Gasteiger partial charge is 0.243 e. The molecule has 1 rings (SSSR count). The summed E-state index contributed by atoms with van der Waals surface area (Å²) in [4.78, 5) is 22.8. The Hall–Kier alpha value is -0.810. The summed E-state index contributed by atoms with van der Waals surface area (Å²) in [5.41, 5.74) is 4.57. The molecule has 4 N–H and O–H groups in total. The first-order valence-electron chi connectivity index (χ1n) is 5.36. The molecule has 0 aromatic heterocycles. The maximum Gasteiger partial charge on any atom is 0.243 e. The van der Waals surface area contributed by atoms with Crippen molar-refractivity contribution in [2.75, 3.05) is 13.6 Å². The SMILES string of the molecule is CNCC(=O)NC1(C(N)=O)CCCCC1.Cl. The zero-order valence-corrected chi connectivity index (χ0v) is 10.4. The lowest BCUT2D eigenvalue weighted by molar-refractivity contribution is -0.132. The van der Waals surface area contributed by atoms with E-state index >= 15 is 0 Å². The summed E-state index contributed by atoms with van der Waals surface area (Å²) in [6, 6.07) is 0. The second-order valence-electron chi connectivity index (χ2n) is 4.09. The zero-order chi connectivity index (χ0) is 11.3. The number of nitrogens with one attached hydrogen (secondary N) is 2. The maximum atomic E-state index is 11.4. The van der Waals surface area contributed by atoms with E-state index in [1.807, 2.05) is 0 Å². The number of nitrogens with two attached hydrogens (primary N) is 1. The fourth-order valence-electron chi connectivity index (χ4n) is 2.06. The quantitative estimate of drug-likeness (QED) is 0.652. The summed E-state index contributed by atoms with van der Waals surface area (Å²) in [5, 5.41) is 5.51. The van der Waals surface area contributed by atoms with Gasteiger partial charge >= 0.3 is 0 Å². The number of halogens is 1. The molecule has 0 aliphatic heterocycles. The molecule has 0 aromatic rings. The molecule has 5 nitrogen and oxygen atoms in total. The van der Waals surface area contributed by atoms with Gasteiger partial charge in [-0.1, -0.05) is 19.3 Å². The number of amides is 2. The molecule has 0 atom stereocenters. The van der Waals surface area contributed by atoms with Gasteiger partial charge in [-0.05, 0) is 19.9 Å². The number of rotatable bonds is 4. The topological polar surface area (TPSA) is 84.2 Å². The number of primary amides is 1. The van der Waals surface area contributed by atoms with E-state index in [9.17, 15) is 9.59 Å². The first kappa shape index (κ1) is 15.2. The Morgan fingerprint density at radius 1 is 1.25 bits per heavy atom. The van der Waals surface area contributed by atoms with Gasteiger partial charge in [0.05, 0.1) is 6.54 Å². The third-order valence-electron chi connectivity index (χ3n) is 2.89. The molecule has 1 aliphatic carbocycles. The predicted molar refractivity (Wildman–Crippen MR) is 64.3 cm³/mol. The van der Waals surface area contributed by atoms with Gasteiger partial charge in [0.2, 0.25) is 11.8 Å². The third kappa shape index (κ3) is 3.64. The molecule has 6 heteroatoms. The molecule has 0 bridgehead atoms. The second-order valence-corrected chi connectivity index (χ2v) is 4.09. The van der Waals surface area contributed by atoms with Crippen LogP contribution in [0.15, 0.2) is 0 Å². The first-order valence-corrected chi connectivity index (χ1v) is 5.36. The van der Waals surface area contributed by atoms with Crippen LogP contribution >= 0.6 is 12.4 Å². The Kier molecular flexibility index (Phi) is 6.36. The van der Waals surface area contributed by atoms with Gasteiger partial charge in [0.25, 0.3) is 0 Å². The van der Waals surface area contributed by atoms with Crippen molar-refractivity contribution in [1.29, 1.82) is 0 Å². The summed E-state index contributed by atoms with van der Waals surface area (Å²) in [6.07, 6.45) is 4.33. The average Bonchev–Trinajstić information content (AvgIpc) is 2.19. The molecule has 0 saturated heterocycles. The zero-order valence-electron chi connectivity index (χ0n) is 9.54. The van der Waals surface area contributed by atoms with Crippen molar-refractivity contribution in [3.05, 3.63) is 0 Å². The Labute approximate surface area is 102 Å². The molecule has 0 heterocycles. The van der Waals surface area contributed by atoms with E-state index in [1.165, 1.54) is 0 Å². The fourth-order valence-corrected chi connectivity index (χ4v) is 2.06. The minimum absolute atomic E-state index is 0. The van der Waals surface area contributed by atoms with E-state index in [1.54, 1.807) is 7.05 Å². The number of carbonyl (C=O) groups is 2. The minimum Gasteiger partial charge on any atom is -0.368 e. The van der Waals surface area contributed by atoms with Gasteiger partial charge in [0.1, 0.15) is 5.54 Å². The molecule has 1 saturated carbocycles. The highest BCUT2D eigenvalue weighted by molar-refractivity contribution is 5.91. The van der Waals surface area contributed by atoms with E-state index in [0.717, 1.165) is 19.3 Å². The number of likely N-dealkylation sites (N-methyl/N-ethyl adjacent to an activating group) is 1. The van der Waals surface area contributed by atoms with Gasteiger partial charge in [0.15, 0.2) is 0 Å². The fraction of sp³-hybridized carbons (Fsp3) is 0.800. The van der Waals surface area contributed by atoms with Gasteiger partial charge < -0.3 is 16.4 Å². The van der Waals surface area contributed by atoms with E-state index in [4.69, 9.17) is 5.73 Å². The molecular weight excluding hydrogens is 230 g/mol. The molecule has 0 spiro atoms. The molecular formula is C10H20ClN3O2. The van der Waals surface area contributed by atoms with Crippen LogP contribution in [0.4, 0.5) is 0 Å². The van der Waals surface area contributed by atoms with Crippen LogP contribution in [-0.4, -0.2) is 30.9 Å². The Bertz CT molecular complexity index is 252. The monoisotopic (exact) mass is 249 g/mol. The summed E-state index contributed by atoms with van der Waals surface area (Å²) < 4.78 is 0. The molecule has 1 aliphatic rings. The van der Waals surface area contributed by atoms with Crippen molar-refractivity contribution >= 4 is 24.2 Å². The Balaban J connectivity index is 0.00000225. The molecule has 94 valence electrons. The summed E-state index contributed by atoms with van der Waals surface area (Å²) in [6.45, 7) is 0.217. The molecule has 0 aromatic carbocycles. The summed E-state index contributed by atoms with van der Waals surface area (Å²) >= 11 is 0. The van der Waals surface area contributed by atoms with Crippen LogP contribution < -0.4 is 16.4 Å². The van der Waals surface area contributed by atoms with Crippen molar-refractivity contribution in [3.63, 3.8) is 0 Å². The summed E-state index contributed by atoms with van der Waals surface area (Å²) in [5.74, 6) is -0.579. The lowest BCUT2D eigenvalue weighted by Crippen LogP contribution is -2.59. The normalized spacial score (nSPS) is 18.3. The van der Waals surface area contributed by atoms with Gasteiger partial charge in [-0.15, -0.1) is 12.4 Å². The second kappa shape index (κ2) is 6.70. The van der Waals surface area contributed by atoms with Gasteiger partial charge in [0, 0.05) is 0 Å². The Morgan fingerprint density at radius 2 is 1.81 bits per heavy atom. The first-order chi connectivity index (χ1) is 7.10. The van der Waals surface area contributed by atoms with Gasteiger partial charge in [-0.25, -0.2) is 0 Å². The predicted octanol–water partition coefficient (Wildman–Crippen LogP) is -0.0680. The number of carbonyl (C=O) groups excluding carboxylic acids is 2. The lowest BCUT2D eigenvalue weighted by Gasteiger charge is -2.35. The molecule has 0 unspecified atom stereocenters. The van der Waals surface area contributed by atoms with Gasteiger partial charge in [-0.3, -0.25) is 9.59 Å². The highest BCUT2D eigenvalue weighted by Crippen LogP contribution is 2.27. The average molecular weight is 250 g/mol. The van der Waals surface area contributed by atoms with Crippen molar-refractivity contribution in [3.8, 4) is 0 Å². The highest BCUT2D eigenvalue weighted by Gasteiger charge is 2.38. The maximum absolute atomic E-state index is 11.4. The largest absolute Gasteiger partial charge is 0.368 e. The number of hydrogen-bond acceptors (Lipinski definition) is 3. The van der Waals surface area contributed by atoms with Crippen molar-refractivity contribution in [2.24, 2.45) is 5.73 Å². The molecule has 2 amide bonds. The van der Waals surface area contributed by atoms with Crippen LogP contribution in [-0.2, 0) is 9.59 Å². The van der Waals surface area contributed by atoms with Crippen LogP contribution in [0.2, 0.25) is 0 Å². The molecule has 1 fully saturated rings. The third-order valence-corrected chi connectivity index (χ3v) is 2.89. The minimum atomic E-state index is -0.799. The Morgan fingerprint density at radius 3 is 2.25 bits per heavy atom. The van der Waals surface area contributed by atoms with E-state index in [-0.39, 0.29) is 24.9 Å².